The zero-order chi connectivity index (χ0) is 9.47. The van der Waals surface area contributed by atoms with Crippen LogP contribution < -0.4 is 5.32 Å². The summed E-state index contributed by atoms with van der Waals surface area (Å²) in [4.78, 5) is 0. The van der Waals surface area contributed by atoms with Crippen molar-refractivity contribution < 1.29 is 0 Å². The largest absolute Gasteiger partial charge is 0.367 e. The normalized spacial score (nSPS) is 25.9. The van der Waals surface area contributed by atoms with Gasteiger partial charge in [-0.25, -0.2) is 0 Å². The number of hydrogen-bond acceptors (Lipinski definition) is 1. The van der Waals surface area contributed by atoms with Gasteiger partial charge in [0.1, 0.15) is 4.45 Å². The van der Waals surface area contributed by atoms with Crippen molar-refractivity contribution >= 4 is 27.7 Å². The second kappa shape index (κ2) is 2.88. The molecule has 1 aromatic rings. The van der Waals surface area contributed by atoms with Crippen molar-refractivity contribution in [2.24, 2.45) is 0 Å². The van der Waals surface area contributed by atoms with Gasteiger partial charge >= 0.3 is 0 Å². The highest BCUT2D eigenvalue weighted by atomic mass is 79.9. The fraction of sp³-hybridized carbons (Fsp3) is 0.273. The van der Waals surface area contributed by atoms with Crippen molar-refractivity contribution in [1.29, 1.82) is 0 Å². The summed E-state index contributed by atoms with van der Waals surface area (Å²) in [5.41, 5.74) is 3.75. The van der Waals surface area contributed by atoms with Crippen LogP contribution in [0.1, 0.15) is 19.4 Å². The fourth-order valence-corrected chi connectivity index (χ4v) is 1.79. The number of nitrogens with one attached hydrogen (secondary N) is 1. The van der Waals surface area contributed by atoms with Crippen LogP contribution in [0.25, 0.3) is 6.08 Å². The monoisotopic (exact) mass is 237 g/mol. The molecule has 1 aliphatic rings. The van der Waals surface area contributed by atoms with Gasteiger partial charge in [-0.2, -0.15) is 0 Å². The average Bonchev–Trinajstić information content (AvgIpc) is 2.06. The molecule has 1 aromatic carbocycles. The van der Waals surface area contributed by atoms with E-state index < -0.39 is 0 Å². The smallest absolute Gasteiger partial charge is 0.112 e. The Hall–Kier alpha value is -0.760. The third-order valence-electron chi connectivity index (χ3n) is 2.44. The van der Waals surface area contributed by atoms with Gasteiger partial charge in [-0.1, -0.05) is 40.2 Å². The summed E-state index contributed by atoms with van der Waals surface area (Å²) in [5, 5.41) is 3.43. The number of benzene rings is 1. The Kier molecular flexibility index (Phi) is 1.95. The van der Waals surface area contributed by atoms with Crippen molar-refractivity contribution in [2.75, 3.05) is 5.32 Å². The van der Waals surface area contributed by atoms with Crippen LogP contribution in [0.15, 0.2) is 29.8 Å². The molecule has 1 heterocycles. The van der Waals surface area contributed by atoms with Crippen molar-refractivity contribution in [1.82, 2.24) is 0 Å². The number of fused-ring (bicyclic) bond motifs is 1. The van der Waals surface area contributed by atoms with E-state index in [2.05, 4.69) is 59.4 Å². The van der Waals surface area contributed by atoms with E-state index in [-0.39, 0.29) is 4.45 Å². The van der Waals surface area contributed by atoms with Crippen molar-refractivity contribution in [3.63, 3.8) is 0 Å². The molecule has 0 aliphatic carbocycles. The van der Waals surface area contributed by atoms with E-state index in [1.54, 1.807) is 0 Å². The van der Waals surface area contributed by atoms with Crippen LogP contribution in [0, 0.1) is 0 Å². The Morgan fingerprint density at radius 1 is 1.31 bits per heavy atom. The lowest BCUT2D eigenvalue weighted by molar-refractivity contribution is 0.867. The van der Waals surface area contributed by atoms with Gasteiger partial charge in [-0.3, -0.25) is 0 Å². The van der Waals surface area contributed by atoms with Crippen LogP contribution in [0.4, 0.5) is 5.69 Å². The van der Waals surface area contributed by atoms with Gasteiger partial charge in [-0.05, 0) is 31.1 Å². The molecule has 1 atom stereocenters. The molecule has 0 saturated carbocycles. The van der Waals surface area contributed by atoms with Gasteiger partial charge in [0, 0.05) is 5.69 Å². The van der Waals surface area contributed by atoms with Crippen LogP contribution >= 0.6 is 15.9 Å². The molecular formula is C11H12BrN. The van der Waals surface area contributed by atoms with Gasteiger partial charge in [0.25, 0.3) is 0 Å². The lowest BCUT2D eigenvalue weighted by atomic mass is 10.00. The first kappa shape index (κ1) is 8.82. The zero-order valence-electron chi connectivity index (χ0n) is 7.76. The minimum atomic E-state index is -0.0959. The van der Waals surface area contributed by atoms with Gasteiger partial charge in [0.15, 0.2) is 0 Å². The second-order valence-electron chi connectivity index (χ2n) is 3.54. The molecule has 0 bridgehead atoms. The molecule has 1 unspecified atom stereocenters. The standard InChI is InChI=1S/C11H12BrN/c1-8-7-9-5-3-4-6-10(9)13-11(8,2)12/h3-7,13H,1-2H3. The van der Waals surface area contributed by atoms with Gasteiger partial charge in [-0.15, -0.1) is 0 Å². The van der Waals surface area contributed by atoms with Crippen LogP contribution in [0.5, 0.6) is 0 Å². The van der Waals surface area contributed by atoms with E-state index in [0.717, 1.165) is 0 Å². The summed E-state index contributed by atoms with van der Waals surface area (Å²) < 4.78 is -0.0959. The van der Waals surface area contributed by atoms with Gasteiger partial charge in [0.2, 0.25) is 0 Å². The van der Waals surface area contributed by atoms with E-state index in [0.29, 0.717) is 0 Å². The third kappa shape index (κ3) is 1.51. The molecule has 0 spiro atoms. The molecule has 0 aromatic heterocycles. The Morgan fingerprint density at radius 3 is 2.77 bits per heavy atom. The summed E-state index contributed by atoms with van der Waals surface area (Å²) in [7, 11) is 0. The third-order valence-corrected chi connectivity index (χ3v) is 3.27. The molecule has 68 valence electrons. The van der Waals surface area contributed by atoms with E-state index in [4.69, 9.17) is 0 Å². The predicted octanol–water partition coefficient (Wildman–Crippen LogP) is 3.63. The number of alkyl halides is 1. The second-order valence-corrected chi connectivity index (χ2v) is 5.13. The van der Waals surface area contributed by atoms with Gasteiger partial charge in [0.05, 0.1) is 0 Å². The molecule has 0 amide bonds. The van der Waals surface area contributed by atoms with Crippen LogP contribution in [-0.4, -0.2) is 4.45 Å². The summed E-state index contributed by atoms with van der Waals surface area (Å²) in [6, 6.07) is 8.32. The molecule has 0 fully saturated rings. The molecule has 0 saturated heterocycles. The highest BCUT2D eigenvalue weighted by Crippen LogP contribution is 2.36. The molecule has 1 nitrogen and oxygen atoms in total. The van der Waals surface area contributed by atoms with Gasteiger partial charge < -0.3 is 5.32 Å². The zero-order valence-corrected chi connectivity index (χ0v) is 9.35. The lowest BCUT2D eigenvalue weighted by Crippen LogP contribution is -2.31. The lowest BCUT2D eigenvalue weighted by Gasteiger charge is -2.31. The number of halogens is 1. The maximum atomic E-state index is 3.65. The summed E-state index contributed by atoms with van der Waals surface area (Å²) >= 11 is 3.65. The number of para-hydroxylation sites is 1. The minimum absolute atomic E-state index is 0.0959. The molecule has 1 aliphatic heterocycles. The molecule has 13 heavy (non-hydrogen) atoms. The topological polar surface area (TPSA) is 12.0 Å². The van der Waals surface area contributed by atoms with Crippen LogP contribution in [0.3, 0.4) is 0 Å². The minimum Gasteiger partial charge on any atom is -0.367 e. The van der Waals surface area contributed by atoms with Crippen LogP contribution in [-0.2, 0) is 0 Å². The maximum Gasteiger partial charge on any atom is 0.112 e. The van der Waals surface area contributed by atoms with Crippen molar-refractivity contribution in [3.05, 3.63) is 35.4 Å². The van der Waals surface area contributed by atoms with E-state index in [1.165, 1.54) is 16.8 Å². The molecule has 2 heteroatoms. The van der Waals surface area contributed by atoms with E-state index >= 15 is 0 Å². The SMILES string of the molecule is CC1=Cc2ccccc2NC1(C)Br. The Morgan fingerprint density at radius 2 is 2.00 bits per heavy atom. The number of rotatable bonds is 0. The quantitative estimate of drug-likeness (QED) is 0.537. The maximum absolute atomic E-state index is 3.65. The molecular weight excluding hydrogens is 226 g/mol. The average molecular weight is 238 g/mol. The van der Waals surface area contributed by atoms with E-state index in [9.17, 15) is 0 Å². The van der Waals surface area contributed by atoms with E-state index in [1.807, 2.05) is 6.07 Å². The summed E-state index contributed by atoms with van der Waals surface area (Å²) in [6.45, 7) is 4.24. The number of anilines is 1. The fourth-order valence-electron chi connectivity index (χ4n) is 1.46. The Labute approximate surface area is 87.0 Å². The first-order chi connectivity index (χ1) is 6.09. The Balaban J connectivity index is 2.53. The first-order valence-electron chi connectivity index (χ1n) is 4.34. The molecule has 0 radical (unpaired) electrons. The van der Waals surface area contributed by atoms with Crippen LogP contribution in [0.2, 0.25) is 0 Å². The highest BCUT2D eigenvalue weighted by molar-refractivity contribution is 9.10. The summed E-state index contributed by atoms with van der Waals surface area (Å²) in [5.74, 6) is 0. The number of hydrogen-bond donors (Lipinski definition) is 1. The first-order valence-corrected chi connectivity index (χ1v) is 5.14. The highest BCUT2D eigenvalue weighted by Gasteiger charge is 2.26. The molecule has 2 rings (SSSR count). The predicted molar refractivity (Wildman–Crippen MR) is 61.0 cm³/mol. The molecule has 1 N–H and O–H groups in total. The van der Waals surface area contributed by atoms with Crippen molar-refractivity contribution in [3.8, 4) is 0 Å². The Bertz CT molecular complexity index is 366. The summed E-state index contributed by atoms with van der Waals surface area (Å²) in [6.07, 6.45) is 2.21. The van der Waals surface area contributed by atoms with Crippen molar-refractivity contribution in [2.45, 2.75) is 18.3 Å².